The molecule has 0 aromatic heterocycles. The molecular weight excluding hydrogens is 136 g/mol. The lowest BCUT2D eigenvalue weighted by Gasteiger charge is -2.23. The summed E-state index contributed by atoms with van der Waals surface area (Å²) in [5.41, 5.74) is 1.40. The lowest BCUT2D eigenvalue weighted by molar-refractivity contribution is 0.0360. The number of rotatable bonds is 3. The first-order valence-electron chi connectivity index (χ1n) is 4.61. The van der Waals surface area contributed by atoms with E-state index in [1.165, 1.54) is 31.3 Å². The summed E-state index contributed by atoms with van der Waals surface area (Å²) < 4.78 is 5.64. The van der Waals surface area contributed by atoms with Crippen molar-refractivity contribution in [3.63, 3.8) is 0 Å². The Morgan fingerprint density at radius 1 is 1.45 bits per heavy atom. The summed E-state index contributed by atoms with van der Waals surface area (Å²) >= 11 is 0. The highest BCUT2D eigenvalue weighted by molar-refractivity contribution is 4.98. The highest BCUT2D eigenvalue weighted by atomic mass is 16.5. The van der Waals surface area contributed by atoms with Crippen LogP contribution in [-0.2, 0) is 4.74 Å². The number of ether oxygens (including phenoxy) is 1. The Kier molecular flexibility index (Phi) is 3.64. The van der Waals surface area contributed by atoms with Gasteiger partial charge in [-0.15, -0.1) is 0 Å². The highest BCUT2D eigenvalue weighted by Crippen LogP contribution is 2.23. The third kappa shape index (κ3) is 3.06. The summed E-state index contributed by atoms with van der Waals surface area (Å²) in [7, 11) is 0. The lowest BCUT2D eigenvalue weighted by Crippen LogP contribution is -2.17. The Hall–Kier alpha value is -0.300. The molecule has 1 fully saturated rings. The second kappa shape index (κ2) is 4.55. The molecule has 0 N–H and O–H groups in total. The molecule has 1 rings (SSSR count). The number of allylic oxidation sites excluding steroid dienone is 1. The van der Waals surface area contributed by atoms with Crippen LogP contribution in [0.4, 0.5) is 0 Å². The topological polar surface area (TPSA) is 9.23 Å². The molecule has 1 aliphatic carbocycles. The van der Waals surface area contributed by atoms with Gasteiger partial charge in [0.1, 0.15) is 0 Å². The van der Waals surface area contributed by atoms with Crippen molar-refractivity contribution in [1.82, 2.24) is 0 Å². The van der Waals surface area contributed by atoms with Crippen molar-refractivity contribution in [3.8, 4) is 0 Å². The first kappa shape index (κ1) is 8.79. The van der Waals surface area contributed by atoms with Gasteiger partial charge in [0.15, 0.2) is 0 Å². The van der Waals surface area contributed by atoms with Crippen LogP contribution in [0.2, 0.25) is 0 Å². The maximum absolute atomic E-state index is 5.64. The van der Waals surface area contributed by atoms with Crippen LogP contribution in [0.3, 0.4) is 0 Å². The number of hydrogen-bond acceptors (Lipinski definition) is 1. The Balaban J connectivity index is 2.12. The zero-order valence-electron chi connectivity index (χ0n) is 7.44. The zero-order chi connectivity index (χ0) is 8.10. The maximum atomic E-state index is 5.64. The van der Waals surface area contributed by atoms with Gasteiger partial charge in [-0.1, -0.05) is 19.1 Å². The van der Waals surface area contributed by atoms with Crippen LogP contribution in [0.1, 0.15) is 39.0 Å². The molecule has 0 heterocycles. The zero-order valence-corrected chi connectivity index (χ0v) is 7.44. The van der Waals surface area contributed by atoms with Crippen LogP contribution < -0.4 is 0 Å². The SMILES string of the molecule is C=C1CCC(OCCC)CC1. The van der Waals surface area contributed by atoms with E-state index in [2.05, 4.69) is 13.5 Å². The molecule has 1 aliphatic rings. The Bertz CT molecular complexity index is 119. The lowest BCUT2D eigenvalue weighted by atomic mass is 9.94. The predicted octanol–water partition coefficient (Wildman–Crippen LogP) is 2.91. The third-order valence-corrected chi connectivity index (χ3v) is 2.20. The van der Waals surface area contributed by atoms with Crippen LogP contribution >= 0.6 is 0 Å². The Labute approximate surface area is 69.4 Å². The molecule has 1 heteroatoms. The van der Waals surface area contributed by atoms with Crippen LogP contribution in [0.5, 0.6) is 0 Å². The fourth-order valence-electron chi connectivity index (χ4n) is 1.45. The van der Waals surface area contributed by atoms with Crippen LogP contribution in [0.15, 0.2) is 12.2 Å². The van der Waals surface area contributed by atoms with Crippen molar-refractivity contribution < 1.29 is 4.74 Å². The third-order valence-electron chi connectivity index (χ3n) is 2.20. The van der Waals surface area contributed by atoms with E-state index in [-0.39, 0.29) is 0 Å². The van der Waals surface area contributed by atoms with Crippen molar-refractivity contribution in [2.75, 3.05) is 6.61 Å². The monoisotopic (exact) mass is 154 g/mol. The molecule has 0 bridgehead atoms. The largest absolute Gasteiger partial charge is 0.378 e. The fourth-order valence-corrected chi connectivity index (χ4v) is 1.45. The van der Waals surface area contributed by atoms with Crippen molar-refractivity contribution >= 4 is 0 Å². The van der Waals surface area contributed by atoms with Crippen molar-refractivity contribution in [2.24, 2.45) is 0 Å². The molecule has 0 radical (unpaired) electrons. The quantitative estimate of drug-likeness (QED) is 0.568. The highest BCUT2D eigenvalue weighted by Gasteiger charge is 2.14. The molecule has 0 atom stereocenters. The van der Waals surface area contributed by atoms with Gasteiger partial charge in [-0.25, -0.2) is 0 Å². The van der Waals surface area contributed by atoms with E-state index in [0.29, 0.717) is 6.10 Å². The average Bonchev–Trinajstić information content (AvgIpc) is 2.04. The van der Waals surface area contributed by atoms with E-state index < -0.39 is 0 Å². The Morgan fingerprint density at radius 2 is 2.09 bits per heavy atom. The van der Waals surface area contributed by atoms with Crippen molar-refractivity contribution in [2.45, 2.75) is 45.1 Å². The molecule has 0 aromatic carbocycles. The second-order valence-electron chi connectivity index (χ2n) is 3.32. The molecule has 0 aliphatic heterocycles. The molecule has 11 heavy (non-hydrogen) atoms. The Morgan fingerprint density at radius 3 is 2.64 bits per heavy atom. The molecule has 0 spiro atoms. The summed E-state index contributed by atoms with van der Waals surface area (Å²) in [5.74, 6) is 0. The van der Waals surface area contributed by atoms with E-state index in [1.807, 2.05) is 0 Å². The van der Waals surface area contributed by atoms with Crippen molar-refractivity contribution in [1.29, 1.82) is 0 Å². The smallest absolute Gasteiger partial charge is 0.0581 e. The molecule has 1 saturated carbocycles. The van der Waals surface area contributed by atoms with Gasteiger partial charge in [0.05, 0.1) is 6.10 Å². The summed E-state index contributed by atoms with van der Waals surface area (Å²) in [6, 6.07) is 0. The summed E-state index contributed by atoms with van der Waals surface area (Å²) in [6.07, 6.45) is 6.40. The van der Waals surface area contributed by atoms with E-state index in [1.54, 1.807) is 0 Å². The summed E-state index contributed by atoms with van der Waals surface area (Å²) in [4.78, 5) is 0. The van der Waals surface area contributed by atoms with Crippen molar-refractivity contribution in [3.05, 3.63) is 12.2 Å². The molecule has 0 saturated heterocycles. The minimum absolute atomic E-state index is 0.528. The van der Waals surface area contributed by atoms with Crippen LogP contribution in [0, 0.1) is 0 Å². The fraction of sp³-hybridized carbons (Fsp3) is 0.800. The first-order chi connectivity index (χ1) is 5.33. The molecule has 0 amide bonds. The van der Waals surface area contributed by atoms with Gasteiger partial charge in [0, 0.05) is 6.61 Å². The first-order valence-corrected chi connectivity index (χ1v) is 4.61. The van der Waals surface area contributed by atoms with E-state index in [4.69, 9.17) is 4.74 Å². The molecule has 0 unspecified atom stereocenters. The second-order valence-corrected chi connectivity index (χ2v) is 3.32. The summed E-state index contributed by atoms with van der Waals surface area (Å²) in [5, 5.41) is 0. The molecule has 1 nitrogen and oxygen atoms in total. The molecular formula is C10H18O. The normalized spacial score (nSPS) is 20.6. The standard InChI is InChI=1S/C10H18O/c1-3-8-11-10-6-4-9(2)5-7-10/h10H,2-8H2,1H3. The maximum Gasteiger partial charge on any atom is 0.0581 e. The van der Waals surface area contributed by atoms with Gasteiger partial charge >= 0.3 is 0 Å². The van der Waals surface area contributed by atoms with Crippen LogP contribution in [-0.4, -0.2) is 12.7 Å². The van der Waals surface area contributed by atoms with E-state index in [9.17, 15) is 0 Å². The van der Waals surface area contributed by atoms with Crippen LogP contribution in [0.25, 0.3) is 0 Å². The average molecular weight is 154 g/mol. The predicted molar refractivity (Wildman–Crippen MR) is 47.6 cm³/mol. The van der Waals surface area contributed by atoms with E-state index in [0.717, 1.165) is 13.0 Å². The van der Waals surface area contributed by atoms with Gasteiger partial charge in [-0.3, -0.25) is 0 Å². The van der Waals surface area contributed by atoms with Gasteiger partial charge in [-0.05, 0) is 32.1 Å². The van der Waals surface area contributed by atoms with Gasteiger partial charge in [0.2, 0.25) is 0 Å². The number of hydrogen-bond donors (Lipinski definition) is 0. The van der Waals surface area contributed by atoms with Gasteiger partial charge in [0.25, 0.3) is 0 Å². The van der Waals surface area contributed by atoms with E-state index >= 15 is 0 Å². The van der Waals surface area contributed by atoms with Gasteiger partial charge < -0.3 is 4.74 Å². The van der Waals surface area contributed by atoms with Gasteiger partial charge in [-0.2, -0.15) is 0 Å². The minimum atomic E-state index is 0.528. The minimum Gasteiger partial charge on any atom is -0.378 e. The molecule has 0 aromatic rings. The molecule has 64 valence electrons. The summed E-state index contributed by atoms with van der Waals surface area (Å²) in [6.45, 7) is 7.06.